The molecule has 146 valence electrons. The summed E-state index contributed by atoms with van der Waals surface area (Å²) >= 11 is 1.83. The van der Waals surface area contributed by atoms with Crippen LogP contribution >= 0.6 is 11.3 Å². The van der Waals surface area contributed by atoms with Gasteiger partial charge in [-0.1, -0.05) is 36.4 Å². The standard InChI is InChI=1S/C23H25NO3S/c1-26-23-19(14-25)17(13-20-18-10-12-28-22(18)9-11-24-20)7-8-21(23)27-15-16-5-3-2-4-6-16/h2-8,10,12,20,24-25H,9,11,13-15H2,1H3/t20-/m0/s1. The number of methoxy groups -OCH3 is 1. The van der Waals surface area contributed by atoms with Crippen molar-refractivity contribution in [2.24, 2.45) is 0 Å². The minimum Gasteiger partial charge on any atom is -0.492 e. The van der Waals surface area contributed by atoms with Gasteiger partial charge in [0.2, 0.25) is 0 Å². The number of fused-ring (bicyclic) bond motifs is 1. The third-order valence-corrected chi connectivity index (χ3v) is 6.24. The Morgan fingerprint density at radius 1 is 1.14 bits per heavy atom. The van der Waals surface area contributed by atoms with Gasteiger partial charge in [0.25, 0.3) is 0 Å². The van der Waals surface area contributed by atoms with Crippen LogP contribution in [0.4, 0.5) is 0 Å². The van der Waals surface area contributed by atoms with Crippen molar-refractivity contribution in [3.63, 3.8) is 0 Å². The number of rotatable bonds is 7. The average Bonchev–Trinajstić information content (AvgIpc) is 3.23. The van der Waals surface area contributed by atoms with Gasteiger partial charge in [-0.05, 0) is 47.0 Å². The number of aliphatic hydroxyl groups is 1. The minimum atomic E-state index is -0.0791. The van der Waals surface area contributed by atoms with Crippen molar-refractivity contribution in [2.45, 2.75) is 32.1 Å². The van der Waals surface area contributed by atoms with Gasteiger partial charge in [-0.3, -0.25) is 0 Å². The molecule has 0 saturated carbocycles. The molecule has 28 heavy (non-hydrogen) atoms. The van der Waals surface area contributed by atoms with E-state index < -0.39 is 0 Å². The van der Waals surface area contributed by atoms with Crippen molar-refractivity contribution in [3.8, 4) is 11.5 Å². The lowest BCUT2D eigenvalue weighted by molar-refractivity contribution is 0.258. The van der Waals surface area contributed by atoms with Crippen molar-refractivity contribution < 1.29 is 14.6 Å². The molecular weight excluding hydrogens is 370 g/mol. The Hall–Kier alpha value is -2.34. The van der Waals surface area contributed by atoms with Gasteiger partial charge in [0.05, 0.1) is 13.7 Å². The van der Waals surface area contributed by atoms with Crippen LogP contribution in [0.2, 0.25) is 0 Å². The lowest BCUT2D eigenvalue weighted by Gasteiger charge is -2.26. The van der Waals surface area contributed by atoms with Gasteiger partial charge in [0.1, 0.15) is 6.61 Å². The van der Waals surface area contributed by atoms with Crippen molar-refractivity contribution in [1.82, 2.24) is 5.32 Å². The number of hydrogen-bond acceptors (Lipinski definition) is 5. The Kier molecular flexibility index (Phi) is 5.95. The molecule has 3 aromatic rings. The maximum absolute atomic E-state index is 10.1. The van der Waals surface area contributed by atoms with E-state index in [1.807, 2.05) is 47.7 Å². The molecule has 4 rings (SSSR count). The summed E-state index contributed by atoms with van der Waals surface area (Å²) in [6.07, 6.45) is 1.90. The van der Waals surface area contributed by atoms with Crippen molar-refractivity contribution in [1.29, 1.82) is 0 Å². The van der Waals surface area contributed by atoms with E-state index in [9.17, 15) is 5.11 Å². The van der Waals surface area contributed by atoms with E-state index in [1.54, 1.807) is 7.11 Å². The third kappa shape index (κ3) is 3.92. The molecule has 0 radical (unpaired) electrons. The zero-order chi connectivity index (χ0) is 19.3. The summed E-state index contributed by atoms with van der Waals surface area (Å²) in [7, 11) is 1.63. The normalized spacial score (nSPS) is 15.9. The van der Waals surface area contributed by atoms with Gasteiger partial charge in [-0.15, -0.1) is 11.3 Å². The topological polar surface area (TPSA) is 50.7 Å². The number of nitrogens with one attached hydrogen (secondary N) is 1. The maximum Gasteiger partial charge on any atom is 0.166 e. The molecule has 0 spiro atoms. The monoisotopic (exact) mass is 395 g/mol. The van der Waals surface area contributed by atoms with Crippen LogP contribution in [-0.2, 0) is 26.1 Å². The molecule has 1 aliphatic rings. The van der Waals surface area contributed by atoms with Crippen LogP contribution in [0.3, 0.4) is 0 Å². The van der Waals surface area contributed by atoms with Crippen LogP contribution in [-0.4, -0.2) is 18.8 Å². The van der Waals surface area contributed by atoms with Gasteiger partial charge >= 0.3 is 0 Å². The van der Waals surface area contributed by atoms with E-state index in [0.717, 1.165) is 36.1 Å². The highest BCUT2D eigenvalue weighted by Gasteiger charge is 2.23. The molecule has 2 aromatic carbocycles. The first-order valence-electron chi connectivity index (χ1n) is 9.56. The van der Waals surface area contributed by atoms with E-state index in [2.05, 4.69) is 22.8 Å². The first kappa shape index (κ1) is 19.0. The predicted octanol–water partition coefficient (Wildman–Crippen LogP) is 4.26. The fourth-order valence-corrected chi connectivity index (χ4v) is 4.77. The second-order valence-electron chi connectivity index (χ2n) is 6.93. The summed E-state index contributed by atoms with van der Waals surface area (Å²) in [5, 5.41) is 15.8. The highest BCUT2D eigenvalue weighted by atomic mass is 32.1. The zero-order valence-electron chi connectivity index (χ0n) is 16.0. The summed E-state index contributed by atoms with van der Waals surface area (Å²) in [6.45, 7) is 1.37. The van der Waals surface area contributed by atoms with Crippen LogP contribution in [0.1, 0.15) is 33.2 Å². The van der Waals surface area contributed by atoms with Crippen LogP contribution in [0, 0.1) is 0 Å². The number of benzene rings is 2. The van der Waals surface area contributed by atoms with Crippen molar-refractivity contribution in [2.75, 3.05) is 13.7 Å². The molecular formula is C23H25NO3S. The van der Waals surface area contributed by atoms with E-state index in [1.165, 1.54) is 10.4 Å². The largest absolute Gasteiger partial charge is 0.492 e. The van der Waals surface area contributed by atoms with Crippen molar-refractivity contribution >= 4 is 11.3 Å². The molecule has 1 aromatic heterocycles. The molecule has 5 heteroatoms. The second-order valence-corrected chi connectivity index (χ2v) is 7.93. The lowest BCUT2D eigenvalue weighted by atomic mass is 9.93. The Bertz CT molecular complexity index is 923. The third-order valence-electron chi connectivity index (χ3n) is 5.24. The molecule has 0 aliphatic carbocycles. The van der Waals surface area contributed by atoms with Gasteiger partial charge in [0.15, 0.2) is 11.5 Å². The molecule has 1 atom stereocenters. The summed E-state index contributed by atoms with van der Waals surface area (Å²) in [5.74, 6) is 1.28. The second kappa shape index (κ2) is 8.78. The fraction of sp³-hybridized carbons (Fsp3) is 0.304. The summed E-state index contributed by atoms with van der Waals surface area (Å²) in [6, 6.07) is 16.5. The van der Waals surface area contributed by atoms with Crippen LogP contribution in [0.15, 0.2) is 53.9 Å². The molecule has 0 amide bonds. The first-order chi connectivity index (χ1) is 13.8. The summed E-state index contributed by atoms with van der Waals surface area (Å²) in [5.41, 5.74) is 4.36. The molecule has 2 heterocycles. The minimum absolute atomic E-state index is 0.0791. The summed E-state index contributed by atoms with van der Waals surface area (Å²) < 4.78 is 11.6. The van der Waals surface area contributed by atoms with E-state index >= 15 is 0 Å². The molecule has 0 bridgehead atoms. The summed E-state index contributed by atoms with van der Waals surface area (Å²) in [4.78, 5) is 1.46. The van der Waals surface area contributed by atoms with E-state index in [4.69, 9.17) is 9.47 Å². The molecule has 0 fully saturated rings. The Labute approximate surface area is 169 Å². The predicted molar refractivity (Wildman–Crippen MR) is 112 cm³/mol. The van der Waals surface area contributed by atoms with Gasteiger partial charge in [-0.25, -0.2) is 0 Å². The van der Waals surface area contributed by atoms with Gasteiger partial charge < -0.3 is 19.9 Å². The molecule has 1 aliphatic heterocycles. The fourth-order valence-electron chi connectivity index (χ4n) is 3.82. The number of hydrogen-bond donors (Lipinski definition) is 2. The maximum atomic E-state index is 10.1. The van der Waals surface area contributed by atoms with Gasteiger partial charge in [-0.2, -0.15) is 0 Å². The molecule has 2 N–H and O–H groups in total. The van der Waals surface area contributed by atoms with Crippen molar-refractivity contribution in [3.05, 3.63) is 81.0 Å². The van der Waals surface area contributed by atoms with Crippen LogP contribution < -0.4 is 14.8 Å². The Balaban J connectivity index is 1.57. The van der Waals surface area contributed by atoms with E-state index in [-0.39, 0.29) is 12.6 Å². The lowest BCUT2D eigenvalue weighted by Crippen LogP contribution is -2.30. The highest BCUT2D eigenvalue weighted by molar-refractivity contribution is 7.10. The zero-order valence-corrected chi connectivity index (χ0v) is 16.8. The van der Waals surface area contributed by atoms with Gasteiger partial charge in [0, 0.05) is 23.0 Å². The smallest absolute Gasteiger partial charge is 0.166 e. The quantitative estimate of drug-likeness (QED) is 0.628. The van der Waals surface area contributed by atoms with Crippen LogP contribution in [0.25, 0.3) is 0 Å². The number of ether oxygens (including phenoxy) is 2. The average molecular weight is 396 g/mol. The Morgan fingerprint density at radius 3 is 2.79 bits per heavy atom. The molecule has 4 nitrogen and oxygen atoms in total. The molecule has 0 unspecified atom stereocenters. The highest BCUT2D eigenvalue weighted by Crippen LogP contribution is 2.37. The first-order valence-corrected chi connectivity index (χ1v) is 10.4. The van der Waals surface area contributed by atoms with E-state index in [0.29, 0.717) is 18.1 Å². The Morgan fingerprint density at radius 2 is 2.00 bits per heavy atom. The number of thiophene rings is 1. The number of aliphatic hydroxyl groups excluding tert-OH is 1. The molecule has 0 saturated heterocycles. The van der Waals surface area contributed by atoms with Crippen LogP contribution in [0.5, 0.6) is 11.5 Å². The SMILES string of the molecule is COc1c(OCc2ccccc2)ccc(C[C@@H]2NCCc3sccc32)c1CO.